The number of carbonyl (C=O) groups excluding carboxylic acids is 1. The van der Waals surface area contributed by atoms with Gasteiger partial charge in [0.15, 0.2) is 11.3 Å². The smallest absolute Gasteiger partial charge is 0.405 e. The lowest BCUT2D eigenvalue weighted by Gasteiger charge is -2.26. The number of anilines is 1. The van der Waals surface area contributed by atoms with Crippen molar-refractivity contribution in [3.05, 3.63) is 41.6 Å². The lowest BCUT2D eigenvalue weighted by atomic mass is 10.0. The molecule has 198 valence electrons. The molecule has 5 rings (SSSR count). The summed E-state index contributed by atoms with van der Waals surface area (Å²) in [4.78, 5) is 22.7. The summed E-state index contributed by atoms with van der Waals surface area (Å²) in [6.07, 6.45) is -7.19. The van der Waals surface area contributed by atoms with E-state index in [4.69, 9.17) is 0 Å². The van der Waals surface area contributed by atoms with E-state index in [1.54, 1.807) is 0 Å². The molecule has 15 heteroatoms. The zero-order valence-corrected chi connectivity index (χ0v) is 18.9. The summed E-state index contributed by atoms with van der Waals surface area (Å²) in [5.74, 6) is -2.39. The van der Waals surface area contributed by atoms with Gasteiger partial charge in [0.05, 0.1) is 36.2 Å². The highest BCUT2D eigenvalue weighted by molar-refractivity contribution is 6.08. The SMILES string of the molecule is O=C(c1n[nH]c2ncnc(N[C@@H]3CC[C@@H](O)[C@H]3O)c12)N1C[C@@H](F)C[C@@H]1c1cc(F)ccc1OC(F)(F)F. The Morgan fingerprint density at radius 1 is 1.22 bits per heavy atom. The Labute approximate surface area is 205 Å². The van der Waals surface area contributed by atoms with E-state index in [1.807, 2.05) is 0 Å². The molecule has 1 amide bonds. The van der Waals surface area contributed by atoms with Crippen LogP contribution in [-0.4, -0.2) is 78.5 Å². The molecule has 1 saturated heterocycles. The molecular formula is C22H21F5N6O4. The highest BCUT2D eigenvalue weighted by atomic mass is 19.4. The molecule has 1 saturated carbocycles. The molecule has 2 aromatic heterocycles. The molecule has 2 aliphatic rings. The van der Waals surface area contributed by atoms with Gasteiger partial charge in [-0.1, -0.05) is 0 Å². The van der Waals surface area contributed by atoms with Gasteiger partial charge < -0.3 is 25.2 Å². The molecule has 1 aromatic carbocycles. The minimum absolute atomic E-state index is 0.105. The van der Waals surface area contributed by atoms with Gasteiger partial charge in [-0.15, -0.1) is 13.2 Å². The van der Waals surface area contributed by atoms with E-state index in [2.05, 4.69) is 30.2 Å². The normalized spacial score (nSPS) is 26.1. The Morgan fingerprint density at radius 2 is 2.00 bits per heavy atom. The molecule has 1 aliphatic heterocycles. The molecule has 3 heterocycles. The summed E-state index contributed by atoms with van der Waals surface area (Å²) in [6.45, 7) is -0.482. The van der Waals surface area contributed by atoms with Crippen LogP contribution in [0.2, 0.25) is 0 Å². The number of hydrogen-bond acceptors (Lipinski definition) is 8. The maximum atomic E-state index is 14.6. The van der Waals surface area contributed by atoms with Crippen LogP contribution in [0.4, 0.5) is 27.8 Å². The number of carbonyl (C=O) groups is 1. The van der Waals surface area contributed by atoms with Gasteiger partial charge in [0, 0.05) is 12.0 Å². The van der Waals surface area contributed by atoms with Gasteiger partial charge >= 0.3 is 6.36 Å². The fraction of sp³-hybridized carbons (Fsp3) is 0.455. The summed E-state index contributed by atoms with van der Waals surface area (Å²) < 4.78 is 71.5. The van der Waals surface area contributed by atoms with E-state index >= 15 is 0 Å². The van der Waals surface area contributed by atoms with Crippen molar-refractivity contribution in [1.82, 2.24) is 25.1 Å². The number of rotatable bonds is 5. The number of H-pyrrole nitrogens is 1. The molecule has 0 spiro atoms. The summed E-state index contributed by atoms with van der Waals surface area (Å²) in [7, 11) is 0. The number of hydrogen-bond donors (Lipinski definition) is 4. The molecule has 2 fully saturated rings. The van der Waals surface area contributed by atoms with Gasteiger partial charge in [0.2, 0.25) is 0 Å². The largest absolute Gasteiger partial charge is 0.573 e. The van der Waals surface area contributed by atoms with Crippen LogP contribution in [0, 0.1) is 5.82 Å². The number of nitrogens with zero attached hydrogens (tertiary/aromatic N) is 4. The second-order valence-corrected chi connectivity index (χ2v) is 8.94. The number of benzene rings is 1. The number of amides is 1. The number of ether oxygens (including phenoxy) is 1. The number of likely N-dealkylation sites (tertiary alicyclic amines) is 1. The third kappa shape index (κ3) is 4.87. The predicted molar refractivity (Wildman–Crippen MR) is 117 cm³/mol. The van der Waals surface area contributed by atoms with Crippen molar-refractivity contribution >= 4 is 22.8 Å². The molecule has 37 heavy (non-hydrogen) atoms. The molecule has 0 unspecified atom stereocenters. The Hall–Kier alpha value is -3.59. The average Bonchev–Trinajstić information content (AvgIpc) is 3.53. The molecule has 3 aromatic rings. The number of fused-ring (bicyclic) bond motifs is 1. The van der Waals surface area contributed by atoms with Crippen molar-refractivity contribution in [3.63, 3.8) is 0 Å². The van der Waals surface area contributed by atoms with E-state index in [-0.39, 0.29) is 34.5 Å². The first-order chi connectivity index (χ1) is 17.5. The first-order valence-corrected chi connectivity index (χ1v) is 11.3. The van der Waals surface area contributed by atoms with E-state index in [1.165, 1.54) is 6.33 Å². The summed E-state index contributed by atoms with van der Waals surface area (Å²) in [5, 5.41) is 29.7. The van der Waals surface area contributed by atoms with Crippen molar-refractivity contribution < 1.29 is 41.7 Å². The summed E-state index contributed by atoms with van der Waals surface area (Å²) >= 11 is 0. The average molecular weight is 528 g/mol. The van der Waals surface area contributed by atoms with Crippen LogP contribution in [0.15, 0.2) is 24.5 Å². The summed E-state index contributed by atoms with van der Waals surface area (Å²) in [6, 6.07) is 0.442. The Morgan fingerprint density at radius 3 is 2.70 bits per heavy atom. The van der Waals surface area contributed by atoms with Gasteiger partial charge in [-0.25, -0.2) is 18.7 Å². The Kier molecular flexibility index (Phi) is 6.35. The molecule has 10 nitrogen and oxygen atoms in total. The lowest BCUT2D eigenvalue weighted by Crippen LogP contribution is -2.35. The van der Waals surface area contributed by atoms with Crippen LogP contribution in [-0.2, 0) is 0 Å². The lowest BCUT2D eigenvalue weighted by molar-refractivity contribution is -0.275. The van der Waals surface area contributed by atoms with E-state index in [9.17, 15) is 37.0 Å². The Bertz CT molecular complexity index is 1320. The molecule has 5 atom stereocenters. The highest BCUT2D eigenvalue weighted by Gasteiger charge is 2.42. The Balaban J connectivity index is 1.51. The zero-order valence-electron chi connectivity index (χ0n) is 18.9. The number of nitrogens with one attached hydrogen (secondary N) is 2. The number of aromatic amines is 1. The maximum Gasteiger partial charge on any atom is 0.573 e. The highest BCUT2D eigenvalue weighted by Crippen LogP contribution is 2.41. The number of alkyl halides is 4. The fourth-order valence-electron chi connectivity index (χ4n) is 4.85. The van der Waals surface area contributed by atoms with Crippen molar-refractivity contribution in [3.8, 4) is 5.75 Å². The predicted octanol–water partition coefficient (Wildman–Crippen LogP) is 2.61. The molecular weight excluding hydrogens is 507 g/mol. The van der Waals surface area contributed by atoms with E-state index in [0.29, 0.717) is 12.8 Å². The fourth-order valence-corrected chi connectivity index (χ4v) is 4.85. The first-order valence-electron chi connectivity index (χ1n) is 11.3. The quantitative estimate of drug-likeness (QED) is 0.371. The monoisotopic (exact) mass is 528 g/mol. The minimum Gasteiger partial charge on any atom is -0.405 e. The van der Waals surface area contributed by atoms with Crippen molar-refractivity contribution in [2.45, 2.75) is 56.1 Å². The standard InChI is InChI=1S/C22H21F5N6O4/c23-9-1-4-15(37-22(25,26)27)11(5-9)13-6-10(24)7-33(13)21(36)17-16-19(28-8-29-20(16)32-31-17)30-12-2-3-14(34)18(12)35/h1,4-5,8,10,12-14,18,34-35H,2-3,6-7H2,(H2,28,29,30,31,32)/t10-,12+,13+,14+,18-/m0/s1. The van der Waals surface area contributed by atoms with Gasteiger partial charge in [-0.2, -0.15) is 5.10 Å². The first kappa shape index (κ1) is 25.1. The van der Waals surface area contributed by atoms with Gasteiger partial charge in [-0.3, -0.25) is 9.89 Å². The molecule has 1 aliphatic carbocycles. The topological polar surface area (TPSA) is 136 Å². The molecule has 0 bridgehead atoms. The number of halogens is 5. The third-order valence-electron chi connectivity index (χ3n) is 6.53. The van der Waals surface area contributed by atoms with E-state index < -0.39 is 60.8 Å². The molecule has 0 radical (unpaired) electrons. The van der Waals surface area contributed by atoms with Crippen LogP contribution in [0.3, 0.4) is 0 Å². The van der Waals surface area contributed by atoms with Crippen LogP contribution in [0.25, 0.3) is 11.0 Å². The summed E-state index contributed by atoms with van der Waals surface area (Å²) in [5.41, 5.74) is -0.462. The maximum absolute atomic E-state index is 14.6. The number of aromatic nitrogens is 4. The molecule has 4 N–H and O–H groups in total. The van der Waals surface area contributed by atoms with Crippen molar-refractivity contribution in [2.24, 2.45) is 0 Å². The second kappa shape index (κ2) is 9.37. The van der Waals surface area contributed by atoms with Crippen LogP contribution in [0.5, 0.6) is 5.75 Å². The van der Waals surface area contributed by atoms with E-state index in [0.717, 1.165) is 23.1 Å². The van der Waals surface area contributed by atoms with Crippen molar-refractivity contribution in [1.29, 1.82) is 0 Å². The van der Waals surface area contributed by atoms with Gasteiger partial charge in [-0.05, 0) is 31.0 Å². The number of aliphatic hydroxyl groups excluding tert-OH is 2. The van der Waals surface area contributed by atoms with Crippen LogP contribution >= 0.6 is 0 Å². The van der Waals surface area contributed by atoms with Crippen molar-refractivity contribution in [2.75, 3.05) is 11.9 Å². The van der Waals surface area contributed by atoms with Crippen LogP contribution in [0.1, 0.15) is 41.4 Å². The minimum atomic E-state index is -5.09. The van der Waals surface area contributed by atoms with Crippen LogP contribution < -0.4 is 10.1 Å². The van der Waals surface area contributed by atoms with Gasteiger partial charge in [0.1, 0.15) is 29.9 Å². The van der Waals surface area contributed by atoms with Gasteiger partial charge in [0.25, 0.3) is 5.91 Å². The third-order valence-corrected chi connectivity index (χ3v) is 6.53. The zero-order chi connectivity index (χ0) is 26.5. The number of aliphatic hydroxyl groups is 2. The second-order valence-electron chi connectivity index (χ2n) is 8.94.